The molecule has 1 aromatic carbocycles. The summed E-state index contributed by atoms with van der Waals surface area (Å²) in [5, 5.41) is 25.1. The largest absolute Gasteiger partial charge is 0.389 e. The average molecular weight is 340 g/mol. The summed E-state index contributed by atoms with van der Waals surface area (Å²) in [7, 11) is 0. The minimum absolute atomic E-state index is 0.0819. The number of halogens is 1. The Morgan fingerprint density at radius 2 is 2.10 bits per heavy atom. The fraction of sp³-hybridized carbons (Fsp3) is 0.308. The van der Waals surface area contributed by atoms with Crippen LogP contribution in [0.3, 0.4) is 0 Å². The zero-order valence-corrected chi connectivity index (χ0v) is 12.9. The van der Waals surface area contributed by atoms with Gasteiger partial charge in [0.05, 0.1) is 26.9 Å². The van der Waals surface area contributed by atoms with E-state index < -0.39 is 11.0 Å². The third kappa shape index (κ3) is 2.46. The van der Waals surface area contributed by atoms with Gasteiger partial charge in [-0.15, -0.1) is 0 Å². The van der Waals surface area contributed by atoms with Crippen LogP contribution in [0.1, 0.15) is 30.0 Å². The molecule has 106 valence electrons. The maximum Gasteiger partial charge on any atom is 0.295 e. The van der Waals surface area contributed by atoms with Crippen molar-refractivity contribution >= 4 is 21.6 Å². The normalized spacial score (nSPS) is 12.4. The lowest BCUT2D eigenvalue weighted by Crippen LogP contribution is -2.05. The zero-order chi connectivity index (χ0) is 15.0. The minimum Gasteiger partial charge on any atom is -0.389 e. The number of rotatable bonds is 3. The van der Waals surface area contributed by atoms with E-state index in [0.29, 0.717) is 11.3 Å². The fourth-order valence-electron chi connectivity index (χ4n) is 1.98. The Labute approximate surface area is 124 Å². The molecule has 20 heavy (non-hydrogen) atoms. The summed E-state index contributed by atoms with van der Waals surface area (Å²) in [4.78, 5) is 10.8. The summed E-state index contributed by atoms with van der Waals surface area (Å²) in [5.41, 5.74) is 2.35. The second-order valence-corrected chi connectivity index (χ2v) is 5.37. The second-order valence-electron chi connectivity index (χ2n) is 4.58. The highest BCUT2D eigenvalue weighted by molar-refractivity contribution is 9.10. The summed E-state index contributed by atoms with van der Waals surface area (Å²) in [6, 6.07) is 4.65. The Morgan fingerprint density at radius 1 is 1.45 bits per heavy atom. The molecular weight excluding hydrogens is 326 g/mol. The molecule has 1 atom stereocenters. The van der Waals surface area contributed by atoms with Crippen LogP contribution in [-0.4, -0.2) is 19.8 Å². The van der Waals surface area contributed by atoms with Gasteiger partial charge >= 0.3 is 0 Å². The summed E-state index contributed by atoms with van der Waals surface area (Å²) < 4.78 is 2.36. The van der Waals surface area contributed by atoms with Gasteiger partial charge in [-0.1, -0.05) is 6.07 Å². The van der Waals surface area contributed by atoms with Crippen molar-refractivity contribution in [1.82, 2.24) is 9.78 Å². The zero-order valence-electron chi connectivity index (χ0n) is 11.3. The molecule has 1 aromatic heterocycles. The summed E-state index contributed by atoms with van der Waals surface area (Å²) in [6.07, 6.45) is -0.755. The molecule has 0 saturated heterocycles. The van der Waals surface area contributed by atoms with Crippen LogP contribution in [0.5, 0.6) is 0 Å². The Hall–Kier alpha value is -1.73. The Balaban J connectivity index is 2.67. The standard InChI is InChI=1S/C13H14BrN3O3/c1-7-13(14)8(2)16(15-7)11-5-4-10(9(3)18)6-12(11)17(19)20/h4-6,9,18H,1-3H3/t9-/m0/s1. The van der Waals surface area contributed by atoms with E-state index in [9.17, 15) is 15.2 Å². The maximum absolute atomic E-state index is 11.2. The smallest absolute Gasteiger partial charge is 0.295 e. The number of aliphatic hydroxyl groups is 1. The summed E-state index contributed by atoms with van der Waals surface area (Å²) >= 11 is 3.40. The first-order valence-corrected chi connectivity index (χ1v) is 6.80. The molecule has 7 heteroatoms. The Bertz CT molecular complexity index is 680. The van der Waals surface area contributed by atoms with Gasteiger partial charge in [-0.05, 0) is 48.3 Å². The van der Waals surface area contributed by atoms with E-state index in [1.54, 1.807) is 19.1 Å². The van der Waals surface area contributed by atoms with Crippen molar-refractivity contribution in [1.29, 1.82) is 0 Å². The maximum atomic E-state index is 11.2. The molecule has 0 radical (unpaired) electrons. The fourth-order valence-corrected chi connectivity index (χ4v) is 2.23. The van der Waals surface area contributed by atoms with Crippen molar-refractivity contribution in [3.05, 3.63) is 49.7 Å². The van der Waals surface area contributed by atoms with E-state index >= 15 is 0 Å². The lowest BCUT2D eigenvalue weighted by Gasteiger charge is -2.09. The molecule has 0 saturated carbocycles. The van der Waals surface area contributed by atoms with E-state index in [-0.39, 0.29) is 5.69 Å². The number of hydrogen-bond acceptors (Lipinski definition) is 4. The van der Waals surface area contributed by atoms with Gasteiger partial charge in [0.15, 0.2) is 0 Å². The topological polar surface area (TPSA) is 81.2 Å². The van der Waals surface area contributed by atoms with Crippen LogP contribution in [-0.2, 0) is 0 Å². The van der Waals surface area contributed by atoms with Crippen molar-refractivity contribution in [3.63, 3.8) is 0 Å². The average Bonchev–Trinajstić information content (AvgIpc) is 2.65. The number of benzene rings is 1. The van der Waals surface area contributed by atoms with Gasteiger partial charge in [0.1, 0.15) is 5.69 Å². The Morgan fingerprint density at radius 3 is 2.55 bits per heavy atom. The molecule has 0 aliphatic heterocycles. The number of nitro benzene ring substituents is 1. The number of aryl methyl sites for hydroxylation is 1. The van der Waals surface area contributed by atoms with Gasteiger partial charge in [0, 0.05) is 6.07 Å². The summed E-state index contributed by atoms with van der Waals surface area (Å²) in [6.45, 7) is 5.22. The van der Waals surface area contributed by atoms with Gasteiger partial charge in [0.25, 0.3) is 5.69 Å². The molecule has 1 heterocycles. The van der Waals surface area contributed by atoms with Crippen LogP contribution in [0.15, 0.2) is 22.7 Å². The predicted molar refractivity (Wildman–Crippen MR) is 78.0 cm³/mol. The van der Waals surface area contributed by atoms with Gasteiger partial charge < -0.3 is 5.11 Å². The lowest BCUT2D eigenvalue weighted by atomic mass is 10.1. The van der Waals surface area contributed by atoms with Crippen molar-refractivity contribution in [2.75, 3.05) is 0 Å². The summed E-state index contributed by atoms with van der Waals surface area (Å²) in [5.74, 6) is 0. The van der Waals surface area contributed by atoms with E-state index in [2.05, 4.69) is 21.0 Å². The number of aromatic nitrogens is 2. The number of nitro groups is 1. The highest BCUT2D eigenvalue weighted by Gasteiger charge is 2.21. The van der Waals surface area contributed by atoms with Gasteiger partial charge in [-0.3, -0.25) is 10.1 Å². The quantitative estimate of drug-likeness (QED) is 0.687. The Kier molecular flexibility index (Phi) is 3.92. The molecular formula is C13H14BrN3O3. The van der Waals surface area contributed by atoms with Crippen LogP contribution >= 0.6 is 15.9 Å². The molecule has 0 aliphatic rings. The molecule has 0 unspecified atom stereocenters. The van der Waals surface area contributed by atoms with Crippen LogP contribution in [0.25, 0.3) is 5.69 Å². The number of nitrogens with zero attached hydrogens (tertiary/aromatic N) is 3. The van der Waals surface area contributed by atoms with E-state index in [4.69, 9.17) is 0 Å². The van der Waals surface area contributed by atoms with Crippen molar-refractivity contribution in [2.24, 2.45) is 0 Å². The van der Waals surface area contributed by atoms with E-state index in [1.165, 1.54) is 10.7 Å². The third-order valence-corrected chi connectivity index (χ3v) is 4.26. The molecule has 0 aliphatic carbocycles. The highest BCUT2D eigenvalue weighted by atomic mass is 79.9. The lowest BCUT2D eigenvalue weighted by molar-refractivity contribution is -0.384. The van der Waals surface area contributed by atoms with Crippen LogP contribution < -0.4 is 0 Å². The van der Waals surface area contributed by atoms with Crippen LogP contribution in [0, 0.1) is 24.0 Å². The van der Waals surface area contributed by atoms with E-state index in [1.807, 2.05) is 13.8 Å². The first kappa shape index (κ1) is 14.7. The third-order valence-electron chi connectivity index (χ3n) is 3.11. The minimum atomic E-state index is -0.755. The molecule has 0 spiro atoms. The predicted octanol–water partition coefficient (Wildman–Crippen LogP) is 3.21. The molecule has 1 N–H and O–H groups in total. The highest BCUT2D eigenvalue weighted by Crippen LogP contribution is 2.30. The van der Waals surface area contributed by atoms with Gasteiger partial charge in [-0.2, -0.15) is 5.10 Å². The van der Waals surface area contributed by atoms with Gasteiger partial charge in [0.2, 0.25) is 0 Å². The van der Waals surface area contributed by atoms with Crippen LogP contribution in [0.2, 0.25) is 0 Å². The SMILES string of the molecule is Cc1nn(-c2ccc([C@H](C)O)cc2[N+](=O)[O-])c(C)c1Br. The number of aliphatic hydroxyl groups excluding tert-OH is 1. The van der Waals surface area contributed by atoms with Crippen molar-refractivity contribution in [2.45, 2.75) is 26.9 Å². The first-order chi connectivity index (χ1) is 9.32. The van der Waals surface area contributed by atoms with Gasteiger partial charge in [-0.25, -0.2) is 4.68 Å². The molecule has 0 fully saturated rings. The second kappa shape index (κ2) is 5.34. The van der Waals surface area contributed by atoms with Crippen LogP contribution in [0.4, 0.5) is 5.69 Å². The van der Waals surface area contributed by atoms with Crippen molar-refractivity contribution < 1.29 is 10.0 Å². The van der Waals surface area contributed by atoms with Crippen molar-refractivity contribution in [3.8, 4) is 5.69 Å². The molecule has 6 nitrogen and oxygen atoms in total. The molecule has 0 amide bonds. The first-order valence-electron chi connectivity index (χ1n) is 6.01. The molecule has 2 rings (SSSR count). The molecule has 2 aromatic rings. The number of hydrogen-bond donors (Lipinski definition) is 1. The monoisotopic (exact) mass is 339 g/mol. The molecule has 0 bridgehead atoms. The van der Waals surface area contributed by atoms with E-state index in [0.717, 1.165) is 15.9 Å².